The third kappa shape index (κ3) is 6.49. The van der Waals surface area contributed by atoms with Crippen LogP contribution in [-0.2, 0) is 14.6 Å². The molecule has 0 amide bonds. The van der Waals surface area contributed by atoms with Crippen molar-refractivity contribution < 1.29 is 13.2 Å². The molecule has 0 aromatic heterocycles. The number of nitrogens with one attached hydrogen (secondary N) is 1. The molecule has 1 atom stereocenters. The van der Waals surface area contributed by atoms with Gasteiger partial charge in [0.1, 0.15) is 0 Å². The molecule has 2 saturated heterocycles. The van der Waals surface area contributed by atoms with Crippen LogP contribution in [0.1, 0.15) is 27.7 Å². The average molecular weight is 502 g/mol. The number of hydrogen-bond acceptors (Lipinski definition) is 5. The average Bonchev–Trinajstić information content (AvgIpc) is 2.55. The van der Waals surface area contributed by atoms with Crippen LogP contribution < -0.4 is 5.32 Å². The Kier molecular flexibility index (Phi) is 9.59. The molecular weight excluding hydrogens is 467 g/mol. The van der Waals surface area contributed by atoms with Gasteiger partial charge in [0.2, 0.25) is 0 Å². The number of guanidine groups is 1. The summed E-state index contributed by atoms with van der Waals surface area (Å²) in [4.78, 5) is 9.31. The first-order valence-corrected chi connectivity index (χ1v) is 11.0. The summed E-state index contributed by atoms with van der Waals surface area (Å²) in [5.41, 5.74) is 0. The summed E-state index contributed by atoms with van der Waals surface area (Å²) >= 11 is 0. The highest BCUT2D eigenvalue weighted by Crippen LogP contribution is 2.23. The van der Waals surface area contributed by atoms with E-state index in [4.69, 9.17) is 9.73 Å². The Hall–Kier alpha value is -0.130. The van der Waals surface area contributed by atoms with E-state index in [1.165, 1.54) is 0 Å². The second-order valence-electron chi connectivity index (χ2n) is 7.71. The highest BCUT2D eigenvalue weighted by Gasteiger charge is 2.40. The van der Waals surface area contributed by atoms with Crippen LogP contribution in [0.15, 0.2) is 4.99 Å². The highest BCUT2D eigenvalue weighted by molar-refractivity contribution is 14.0. The summed E-state index contributed by atoms with van der Waals surface area (Å²) in [7, 11) is -3.04. The molecule has 2 aliphatic heterocycles. The van der Waals surface area contributed by atoms with Gasteiger partial charge in [0, 0.05) is 45.8 Å². The van der Waals surface area contributed by atoms with E-state index in [-0.39, 0.29) is 29.7 Å². The third-order valence-electron chi connectivity index (χ3n) is 4.90. The number of hydrogen-bond donors (Lipinski definition) is 1. The summed E-state index contributed by atoms with van der Waals surface area (Å²) in [6.45, 7) is 15.0. The molecule has 0 spiro atoms. The van der Waals surface area contributed by atoms with Crippen molar-refractivity contribution in [1.82, 2.24) is 15.1 Å². The van der Waals surface area contributed by atoms with E-state index in [9.17, 15) is 8.42 Å². The number of ether oxygens (including phenoxy) is 1. The lowest BCUT2D eigenvalue weighted by molar-refractivity contribution is 0.0323. The fourth-order valence-electron chi connectivity index (χ4n) is 3.27. The summed E-state index contributed by atoms with van der Waals surface area (Å²) in [6.07, 6.45) is 0. The van der Waals surface area contributed by atoms with Gasteiger partial charge in [-0.25, -0.2) is 8.42 Å². The Morgan fingerprint density at radius 3 is 2.50 bits per heavy atom. The third-order valence-corrected chi connectivity index (χ3v) is 7.44. The maximum Gasteiger partial charge on any atom is 0.194 e. The Morgan fingerprint density at radius 1 is 1.27 bits per heavy atom. The summed E-state index contributed by atoms with van der Waals surface area (Å²) in [6, 6.07) is 0. The maximum atomic E-state index is 12.2. The topological polar surface area (TPSA) is 74.2 Å². The van der Waals surface area contributed by atoms with E-state index in [0.717, 1.165) is 51.9 Å². The highest BCUT2D eigenvalue weighted by atomic mass is 127. The van der Waals surface area contributed by atoms with Crippen molar-refractivity contribution in [1.29, 1.82) is 0 Å². The fourth-order valence-corrected chi connectivity index (χ4v) is 4.64. The van der Waals surface area contributed by atoms with Crippen LogP contribution in [0, 0.1) is 5.92 Å². The standard InChI is InChI=1S/C17H34N4O3S.HI/c1-5-18-16(21-8-11-25(22,23)17(3,4)14-21)19-12-15(2)13-20-6-9-24-10-7-20;/h15H,5-14H2,1-4H3,(H,18,19);1H. The van der Waals surface area contributed by atoms with E-state index in [1.54, 1.807) is 13.8 Å². The zero-order valence-corrected chi connectivity index (χ0v) is 19.7. The van der Waals surface area contributed by atoms with Gasteiger partial charge in [-0.05, 0) is 26.7 Å². The SMILES string of the molecule is CCNC(=NCC(C)CN1CCOCC1)N1CCS(=O)(=O)C(C)(C)C1.I. The van der Waals surface area contributed by atoms with Gasteiger partial charge < -0.3 is 15.0 Å². The molecule has 1 unspecified atom stereocenters. The minimum absolute atomic E-state index is 0. The number of nitrogens with zero attached hydrogens (tertiary/aromatic N) is 3. The minimum Gasteiger partial charge on any atom is -0.379 e. The zero-order valence-electron chi connectivity index (χ0n) is 16.5. The lowest BCUT2D eigenvalue weighted by atomic mass is 10.1. The molecule has 2 aliphatic rings. The van der Waals surface area contributed by atoms with Gasteiger partial charge in [-0.1, -0.05) is 6.92 Å². The Balaban J connectivity index is 0.00000338. The van der Waals surface area contributed by atoms with E-state index < -0.39 is 14.6 Å². The van der Waals surface area contributed by atoms with Crippen LogP contribution in [0.2, 0.25) is 0 Å². The van der Waals surface area contributed by atoms with Crippen molar-refractivity contribution in [2.24, 2.45) is 10.9 Å². The first-order valence-electron chi connectivity index (χ1n) is 9.31. The van der Waals surface area contributed by atoms with Gasteiger partial charge in [-0.15, -0.1) is 24.0 Å². The zero-order chi connectivity index (χ0) is 18.5. The molecule has 154 valence electrons. The van der Waals surface area contributed by atoms with Crippen LogP contribution >= 0.6 is 24.0 Å². The fraction of sp³-hybridized carbons (Fsp3) is 0.941. The molecule has 7 nitrogen and oxygen atoms in total. The van der Waals surface area contributed by atoms with Crippen LogP contribution in [0.3, 0.4) is 0 Å². The largest absolute Gasteiger partial charge is 0.379 e. The van der Waals surface area contributed by atoms with E-state index in [1.807, 2.05) is 6.92 Å². The second kappa shape index (κ2) is 10.4. The van der Waals surface area contributed by atoms with Crippen LogP contribution in [0.4, 0.5) is 0 Å². The predicted molar refractivity (Wildman–Crippen MR) is 117 cm³/mol. The maximum absolute atomic E-state index is 12.2. The molecule has 26 heavy (non-hydrogen) atoms. The van der Waals surface area contributed by atoms with Crippen molar-refractivity contribution in [3.63, 3.8) is 0 Å². The molecular formula is C17H35IN4O3S. The lowest BCUT2D eigenvalue weighted by Crippen LogP contribution is -2.57. The summed E-state index contributed by atoms with van der Waals surface area (Å²) in [5.74, 6) is 1.47. The first kappa shape index (κ1) is 23.9. The number of sulfone groups is 1. The van der Waals surface area contributed by atoms with Crippen molar-refractivity contribution in [3.05, 3.63) is 0 Å². The second-order valence-corrected chi connectivity index (χ2v) is 10.5. The molecule has 2 rings (SSSR count). The van der Waals surface area contributed by atoms with E-state index in [0.29, 0.717) is 19.0 Å². The Bertz CT molecular complexity index is 562. The molecule has 0 bridgehead atoms. The smallest absolute Gasteiger partial charge is 0.194 e. The molecule has 0 aliphatic carbocycles. The number of aliphatic imine (C=N–C) groups is 1. The number of rotatable bonds is 5. The van der Waals surface area contributed by atoms with Gasteiger partial charge in [-0.2, -0.15) is 0 Å². The van der Waals surface area contributed by atoms with Gasteiger partial charge in [0.25, 0.3) is 0 Å². The molecule has 0 radical (unpaired) electrons. The van der Waals surface area contributed by atoms with Gasteiger partial charge in [0.05, 0.1) is 23.7 Å². The van der Waals surface area contributed by atoms with Crippen molar-refractivity contribution >= 4 is 39.8 Å². The number of halogens is 1. The van der Waals surface area contributed by atoms with E-state index >= 15 is 0 Å². The monoisotopic (exact) mass is 502 g/mol. The molecule has 0 aromatic rings. The van der Waals surface area contributed by atoms with Gasteiger partial charge in [0.15, 0.2) is 15.8 Å². The summed E-state index contributed by atoms with van der Waals surface area (Å²) < 4.78 is 29.1. The summed E-state index contributed by atoms with van der Waals surface area (Å²) in [5, 5.41) is 3.32. The Labute approximate surface area is 175 Å². The number of morpholine rings is 1. The van der Waals surface area contributed by atoms with Gasteiger partial charge >= 0.3 is 0 Å². The van der Waals surface area contributed by atoms with Crippen LogP contribution in [0.5, 0.6) is 0 Å². The molecule has 2 heterocycles. The van der Waals surface area contributed by atoms with Crippen LogP contribution in [0.25, 0.3) is 0 Å². The normalized spacial score (nSPS) is 24.6. The van der Waals surface area contributed by atoms with Crippen molar-refractivity contribution in [2.75, 3.05) is 64.8 Å². The predicted octanol–water partition coefficient (Wildman–Crippen LogP) is 1.05. The molecule has 9 heteroatoms. The quantitative estimate of drug-likeness (QED) is 0.344. The van der Waals surface area contributed by atoms with E-state index in [2.05, 4.69) is 22.0 Å². The molecule has 0 saturated carbocycles. The minimum atomic E-state index is -3.04. The van der Waals surface area contributed by atoms with Crippen LogP contribution in [-0.4, -0.2) is 93.7 Å². The van der Waals surface area contributed by atoms with Crippen molar-refractivity contribution in [2.45, 2.75) is 32.4 Å². The molecule has 0 aromatic carbocycles. The lowest BCUT2D eigenvalue weighted by Gasteiger charge is -2.39. The van der Waals surface area contributed by atoms with Crippen molar-refractivity contribution in [3.8, 4) is 0 Å². The Morgan fingerprint density at radius 2 is 1.92 bits per heavy atom. The molecule has 1 N–H and O–H groups in total. The first-order chi connectivity index (χ1) is 11.7. The molecule has 2 fully saturated rings. The van der Waals surface area contributed by atoms with Gasteiger partial charge in [-0.3, -0.25) is 9.89 Å².